The zero-order chi connectivity index (χ0) is 14.9. The molecule has 0 bridgehead atoms. The number of aromatic carboxylic acids is 1. The van der Waals surface area contributed by atoms with Crippen molar-refractivity contribution in [2.45, 2.75) is 51.4 Å². The third kappa shape index (κ3) is 2.30. The van der Waals surface area contributed by atoms with Crippen LogP contribution in [0.2, 0.25) is 0 Å². The predicted octanol–water partition coefficient (Wildman–Crippen LogP) is 3.29. The van der Waals surface area contributed by atoms with Gasteiger partial charge in [-0.15, -0.1) is 0 Å². The topological polar surface area (TPSA) is 74.6 Å². The summed E-state index contributed by atoms with van der Waals surface area (Å²) in [7, 11) is 0. The molecule has 1 fully saturated rings. The van der Waals surface area contributed by atoms with Gasteiger partial charge in [-0.1, -0.05) is 25.3 Å². The van der Waals surface area contributed by atoms with Crippen molar-refractivity contribution >= 4 is 11.9 Å². The monoisotopic (exact) mass is 276 g/mol. The van der Waals surface area contributed by atoms with E-state index in [2.05, 4.69) is 0 Å². The molecule has 2 rings (SSSR count). The van der Waals surface area contributed by atoms with Gasteiger partial charge in [-0.2, -0.15) is 0 Å². The average Bonchev–Trinajstić information content (AvgIpc) is 2.38. The second-order valence-corrected chi connectivity index (χ2v) is 5.74. The molecule has 108 valence electrons. The van der Waals surface area contributed by atoms with E-state index in [-0.39, 0.29) is 5.56 Å². The Bertz CT molecular complexity index is 554. The fraction of sp³-hybridized carbons (Fsp3) is 0.500. The van der Waals surface area contributed by atoms with Gasteiger partial charge >= 0.3 is 11.9 Å². The van der Waals surface area contributed by atoms with Gasteiger partial charge in [0.2, 0.25) is 0 Å². The van der Waals surface area contributed by atoms with Crippen LogP contribution < -0.4 is 0 Å². The van der Waals surface area contributed by atoms with Crippen molar-refractivity contribution in [3.63, 3.8) is 0 Å². The normalized spacial score (nSPS) is 17.7. The quantitative estimate of drug-likeness (QED) is 0.888. The number of carboxylic acid groups (broad SMARTS) is 2. The van der Waals surface area contributed by atoms with E-state index in [4.69, 9.17) is 0 Å². The Morgan fingerprint density at radius 3 is 2.10 bits per heavy atom. The fourth-order valence-electron chi connectivity index (χ4n) is 3.35. The zero-order valence-corrected chi connectivity index (χ0v) is 11.9. The Labute approximate surface area is 118 Å². The first-order valence-electron chi connectivity index (χ1n) is 6.97. The standard InChI is InChI=1S/C16H20O4/c1-10-8-11(2)13(9-12(10)14(17)18)16(15(19)20)6-4-3-5-7-16/h8-9H,3-7H2,1-2H3,(H,17,18)(H,19,20). The second kappa shape index (κ2) is 5.27. The van der Waals surface area contributed by atoms with Crippen molar-refractivity contribution in [2.75, 3.05) is 0 Å². The minimum absolute atomic E-state index is 0.205. The van der Waals surface area contributed by atoms with Crippen molar-refractivity contribution < 1.29 is 19.8 Å². The van der Waals surface area contributed by atoms with Crippen LogP contribution >= 0.6 is 0 Å². The highest BCUT2D eigenvalue weighted by molar-refractivity contribution is 5.91. The van der Waals surface area contributed by atoms with Crippen LogP contribution in [0.5, 0.6) is 0 Å². The molecule has 2 N–H and O–H groups in total. The Morgan fingerprint density at radius 2 is 1.60 bits per heavy atom. The molecule has 4 nitrogen and oxygen atoms in total. The van der Waals surface area contributed by atoms with Gasteiger partial charge in [-0.25, -0.2) is 4.79 Å². The second-order valence-electron chi connectivity index (χ2n) is 5.74. The molecule has 0 spiro atoms. The number of carboxylic acids is 2. The van der Waals surface area contributed by atoms with Crippen molar-refractivity contribution in [3.8, 4) is 0 Å². The van der Waals surface area contributed by atoms with Gasteiger partial charge in [0.05, 0.1) is 11.0 Å². The van der Waals surface area contributed by atoms with E-state index in [0.29, 0.717) is 24.0 Å². The van der Waals surface area contributed by atoms with Crippen LogP contribution in [0.1, 0.15) is 59.2 Å². The lowest BCUT2D eigenvalue weighted by Crippen LogP contribution is -2.38. The molecule has 20 heavy (non-hydrogen) atoms. The Hall–Kier alpha value is -1.84. The molecule has 4 heteroatoms. The van der Waals surface area contributed by atoms with E-state index in [1.165, 1.54) is 0 Å². The summed E-state index contributed by atoms with van der Waals surface area (Å²) in [6.07, 6.45) is 3.98. The number of hydrogen-bond donors (Lipinski definition) is 2. The maximum absolute atomic E-state index is 11.8. The van der Waals surface area contributed by atoms with Crippen molar-refractivity contribution in [1.82, 2.24) is 0 Å². The van der Waals surface area contributed by atoms with E-state index in [9.17, 15) is 19.8 Å². The summed E-state index contributed by atoms with van der Waals surface area (Å²) in [5.74, 6) is -1.83. The molecule has 0 heterocycles. The number of benzene rings is 1. The molecule has 1 aromatic carbocycles. The van der Waals surface area contributed by atoms with E-state index in [1.54, 1.807) is 19.1 Å². The summed E-state index contributed by atoms with van der Waals surface area (Å²) in [5, 5.41) is 19.0. The lowest BCUT2D eigenvalue weighted by molar-refractivity contribution is -0.145. The van der Waals surface area contributed by atoms with Gasteiger partial charge in [0.1, 0.15) is 0 Å². The number of aliphatic carboxylic acids is 1. The van der Waals surface area contributed by atoms with Crippen LogP contribution in [-0.2, 0) is 10.2 Å². The van der Waals surface area contributed by atoms with Gasteiger partial charge in [-0.05, 0) is 49.4 Å². The molecule has 0 amide bonds. The lowest BCUT2D eigenvalue weighted by Gasteiger charge is -2.35. The van der Waals surface area contributed by atoms with Gasteiger partial charge in [-0.3, -0.25) is 4.79 Å². The number of hydrogen-bond acceptors (Lipinski definition) is 2. The summed E-state index contributed by atoms with van der Waals surface area (Å²) in [5.41, 5.74) is 1.51. The van der Waals surface area contributed by atoms with Crippen molar-refractivity contribution in [1.29, 1.82) is 0 Å². The van der Waals surface area contributed by atoms with Crippen molar-refractivity contribution in [2.24, 2.45) is 0 Å². The SMILES string of the molecule is Cc1cc(C)c(C2(C(=O)O)CCCCC2)cc1C(=O)O. The highest BCUT2D eigenvalue weighted by Gasteiger charge is 2.42. The largest absolute Gasteiger partial charge is 0.481 e. The van der Waals surface area contributed by atoms with Gasteiger partial charge in [0.15, 0.2) is 0 Å². The summed E-state index contributed by atoms with van der Waals surface area (Å²) in [6.45, 7) is 3.61. The third-order valence-corrected chi connectivity index (χ3v) is 4.43. The maximum Gasteiger partial charge on any atom is 0.335 e. The first-order valence-corrected chi connectivity index (χ1v) is 6.97. The van der Waals surface area contributed by atoms with E-state index in [0.717, 1.165) is 24.8 Å². The zero-order valence-electron chi connectivity index (χ0n) is 11.9. The Kier molecular flexibility index (Phi) is 3.84. The smallest absolute Gasteiger partial charge is 0.335 e. The molecular weight excluding hydrogens is 256 g/mol. The molecule has 1 aromatic rings. The maximum atomic E-state index is 11.8. The fourth-order valence-corrected chi connectivity index (χ4v) is 3.35. The Morgan fingerprint density at radius 1 is 1.00 bits per heavy atom. The van der Waals surface area contributed by atoms with Gasteiger partial charge < -0.3 is 10.2 Å². The van der Waals surface area contributed by atoms with Crippen LogP contribution in [0, 0.1) is 13.8 Å². The van der Waals surface area contributed by atoms with Crippen LogP contribution in [0.25, 0.3) is 0 Å². The van der Waals surface area contributed by atoms with Crippen LogP contribution in [-0.4, -0.2) is 22.2 Å². The minimum Gasteiger partial charge on any atom is -0.481 e. The lowest BCUT2D eigenvalue weighted by atomic mass is 9.67. The molecule has 1 aliphatic rings. The minimum atomic E-state index is -1.000. The molecule has 0 saturated heterocycles. The first-order chi connectivity index (χ1) is 9.38. The van der Waals surface area contributed by atoms with Gasteiger partial charge in [0, 0.05) is 0 Å². The summed E-state index contributed by atoms with van der Waals surface area (Å²) < 4.78 is 0. The Balaban J connectivity index is 2.62. The highest BCUT2D eigenvalue weighted by atomic mass is 16.4. The van der Waals surface area contributed by atoms with E-state index >= 15 is 0 Å². The highest BCUT2D eigenvalue weighted by Crippen LogP contribution is 2.41. The van der Waals surface area contributed by atoms with Crippen LogP contribution in [0.15, 0.2) is 12.1 Å². The molecule has 1 aliphatic carbocycles. The molecule has 0 aliphatic heterocycles. The third-order valence-electron chi connectivity index (χ3n) is 4.43. The van der Waals surface area contributed by atoms with Crippen molar-refractivity contribution in [3.05, 3.63) is 34.4 Å². The molecule has 0 aromatic heterocycles. The molecule has 0 radical (unpaired) electrons. The van der Waals surface area contributed by atoms with E-state index in [1.807, 2.05) is 6.92 Å². The summed E-state index contributed by atoms with van der Waals surface area (Å²) in [4.78, 5) is 23.1. The van der Waals surface area contributed by atoms with Crippen LogP contribution in [0.4, 0.5) is 0 Å². The molecule has 0 atom stereocenters. The average molecular weight is 276 g/mol. The summed E-state index contributed by atoms with van der Waals surface area (Å²) >= 11 is 0. The van der Waals surface area contributed by atoms with Gasteiger partial charge in [0.25, 0.3) is 0 Å². The number of aryl methyl sites for hydroxylation is 2. The molecule has 1 saturated carbocycles. The molecule has 0 unspecified atom stereocenters. The number of rotatable bonds is 3. The van der Waals surface area contributed by atoms with E-state index < -0.39 is 17.4 Å². The summed E-state index contributed by atoms with van der Waals surface area (Å²) in [6, 6.07) is 3.37. The predicted molar refractivity (Wildman–Crippen MR) is 75.3 cm³/mol. The molecular formula is C16H20O4. The number of carbonyl (C=O) groups is 2. The van der Waals surface area contributed by atoms with Crippen LogP contribution in [0.3, 0.4) is 0 Å². The first kappa shape index (κ1) is 14.6.